The Balaban J connectivity index is 3.25. The standard InChI is InChI=1S/C7H5ClF2O/c8-3-4-1-2-5(9)6(10)7(4)11/h1-2,11H,3H2. The van der Waals surface area contributed by atoms with Gasteiger partial charge in [0.2, 0.25) is 5.82 Å². The molecule has 0 saturated heterocycles. The molecule has 0 aromatic heterocycles. The highest BCUT2D eigenvalue weighted by atomic mass is 35.5. The molecule has 0 atom stereocenters. The SMILES string of the molecule is Oc1c(CCl)ccc(F)c1F. The summed E-state index contributed by atoms with van der Waals surface area (Å²) in [5.41, 5.74) is 0.186. The van der Waals surface area contributed by atoms with Crippen molar-refractivity contribution in [1.29, 1.82) is 0 Å². The summed E-state index contributed by atoms with van der Waals surface area (Å²) in [6.07, 6.45) is 0. The van der Waals surface area contributed by atoms with E-state index < -0.39 is 17.4 Å². The molecule has 11 heavy (non-hydrogen) atoms. The van der Waals surface area contributed by atoms with Crippen LogP contribution in [0.2, 0.25) is 0 Å². The third kappa shape index (κ3) is 1.43. The highest BCUT2D eigenvalue weighted by Crippen LogP contribution is 2.24. The van der Waals surface area contributed by atoms with Crippen LogP contribution in [-0.4, -0.2) is 5.11 Å². The summed E-state index contributed by atoms with van der Waals surface area (Å²) in [5, 5.41) is 8.88. The van der Waals surface area contributed by atoms with E-state index in [1.807, 2.05) is 0 Å². The number of benzene rings is 1. The van der Waals surface area contributed by atoms with E-state index in [2.05, 4.69) is 0 Å². The number of phenols is 1. The highest BCUT2D eigenvalue weighted by molar-refractivity contribution is 6.17. The van der Waals surface area contributed by atoms with Crippen LogP contribution in [0, 0.1) is 11.6 Å². The van der Waals surface area contributed by atoms with Gasteiger partial charge >= 0.3 is 0 Å². The van der Waals surface area contributed by atoms with Crippen LogP contribution in [-0.2, 0) is 5.88 Å². The minimum atomic E-state index is -1.25. The molecule has 1 aromatic carbocycles. The normalized spacial score (nSPS) is 10.1. The van der Waals surface area contributed by atoms with Gasteiger partial charge in [-0.2, -0.15) is 4.39 Å². The van der Waals surface area contributed by atoms with Gasteiger partial charge in [-0.15, -0.1) is 11.6 Å². The van der Waals surface area contributed by atoms with Crippen LogP contribution in [0.1, 0.15) is 5.56 Å². The van der Waals surface area contributed by atoms with Gasteiger partial charge in [0.15, 0.2) is 11.6 Å². The number of hydrogen-bond donors (Lipinski definition) is 1. The second-order valence-corrected chi connectivity index (χ2v) is 2.27. The maximum atomic E-state index is 12.5. The fourth-order valence-electron chi connectivity index (χ4n) is 0.688. The Hall–Kier alpha value is -0.830. The molecule has 60 valence electrons. The van der Waals surface area contributed by atoms with Crippen molar-refractivity contribution in [2.75, 3.05) is 0 Å². The Morgan fingerprint density at radius 3 is 2.55 bits per heavy atom. The first-order chi connectivity index (χ1) is 5.16. The molecule has 0 aliphatic rings. The molecule has 1 aromatic rings. The monoisotopic (exact) mass is 178 g/mol. The lowest BCUT2D eigenvalue weighted by Gasteiger charge is -2.00. The van der Waals surface area contributed by atoms with E-state index in [1.54, 1.807) is 0 Å². The fraction of sp³-hybridized carbons (Fsp3) is 0.143. The van der Waals surface area contributed by atoms with Gasteiger partial charge in [-0.1, -0.05) is 6.07 Å². The number of hydrogen-bond acceptors (Lipinski definition) is 1. The van der Waals surface area contributed by atoms with E-state index in [9.17, 15) is 8.78 Å². The minimum Gasteiger partial charge on any atom is -0.505 e. The van der Waals surface area contributed by atoms with E-state index in [-0.39, 0.29) is 11.4 Å². The van der Waals surface area contributed by atoms with E-state index in [0.717, 1.165) is 6.07 Å². The van der Waals surface area contributed by atoms with E-state index in [4.69, 9.17) is 16.7 Å². The summed E-state index contributed by atoms with van der Waals surface area (Å²) in [6.45, 7) is 0. The van der Waals surface area contributed by atoms with Crippen LogP contribution in [0.3, 0.4) is 0 Å². The largest absolute Gasteiger partial charge is 0.505 e. The van der Waals surface area contributed by atoms with Crippen LogP contribution < -0.4 is 0 Å². The summed E-state index contributed by atoms with van der Waals surface area (Å²) in [5.74, 6) is -3.07. The average molecular weight is 179 g/mol. The number of phenolic OH excluding ortho intramolecular Hbond substituents is 1. The second kappa shape index (κ2) is 3.05. The van der Waals surface area contributed by atoms with E-state index in [0.29, 0.717) is 0 Å². The topological polar surface area (TPSA) is 20.2 Å². The molecule has 1 rings (SSSR count). The average Bonchev–Trinajstić information content (AvgIpc) is 2.01. The lowest BCUT2D eigenvalue weighted by molar-refractivity contribution is 0.403. The summed E-state index contributed by atoms with van der Waals surface area (Å²) in [6, 6.07) is 2.16. The Bertz CT molecular complexity index is 275. The summed E-state index contributed by atoms with van der Waals surface area (Å²) in [7, 11) is 0. The smallest absolute Gasteiger partial charge is 0.200 e. The van der Waals surface area contributed by atoms with Crippen molar-refractivity contribution in [3.05, 3.63) is 29.3 Å². The van der Waals surface area contributed by atoms with Gasteiger partial charge in [0.1, 0.15) is 0 Å². The van der Waals surface area contributed by atoms with Crippen molar-refractivity contribution in [3.8, 4) is 5.75 Å². The first-order valence-electron chi connectivity index (χ1n) is 2.88. The molecular weight excluding hydrogens is 174 g/mol. The lowest BCUT2D eigenvalue weighted by Crippen LogP contribution is -1.88. The molecular formula is C7H5ClF2O. The Kier molecular flexibility index (Phi) is 2.29. The summed E-state index contributed by atoms with van der Waals surface area (Å²) >= 11 is 5.31. The van der Waals surface area contributed by atoms with Gasteiger partial charge in [0.25, 0.3) is 0 Å². The van der Waals surface area contributed by atoms with Crippen LogP contribution in [0.4, 0.5) is 8.78 Å². The molecule has 0 spiro atoms. The third-order valence-electron chi connectivity index (χ3n) is 1.30. The van der Waals surface area contributed by atoms with Crippen molar-refractivity contribution in [1.82, 2.24) is 0 Å². The molecule has 0 saturated carbocycles. The summed E-state index contributed by atoms with van der Waals surface area (Å²) < 4.78 is 24.8. The molecule has 0 bridgehead atoms. The van der Waals surface area contributed by atoms with Crippen molar-refractivity contribution in [2.24, 2.45) is 0 Å². The number of rotatable bonds is 1. The molecule has 1 N–H and O–H groups in total. The molecule has 4 heteroatoms. The van der Waals surface area contributed by atoms with Crippen molar-refractivity contribution < 1.29 is 13.9 Å². The molecule has 0 aliphatic carbocycles. The maximum absolute atomic E-state index is 12.5. The van der Waals surface area contributed by atoms with Gasteiger partial charge < -0.3 is 5.11 Å². The molecule has 1 nitrogen and oxygen atoms in total. The predicted octanol–water partition coefficient (Wildman–Crippen LogP) is 2.41. The quantitative estimate of drug-likeness (QED) is 0.655. The van der Waals surface area contributed by atoms with Gasteiger partial charge in [-0.25, -0.2) is 4.39 Å². The van der Waals surface area contributed by atoms with Crippen LogP contribution in [0.15, 0.2) is 12.1 Å². The maximum Gasteiger partial charge on any atom is 0.200 e. The molecule has 0 fully saturated rings. The number of aromatic hydroxyl groups is 1. The first-order valence-corrected chi connectivity index (χ1v) is 3.42. The van der Waals surface area contributed by atoms with Crippen LogP contribution in [0.5, 0.6) is 5.75 Å². The Morgan fingerprint density at radius 1 is 1.36 bits per heavy atom. The predicted molar refractivity (Wildman–Crippen MR) is 37.6 cm³/mol. The van der Waals surface area contributed by atoms with Crippen LogP contribution >= 0.6 is 11.6 Å². The minimum absolute atomic E-state index is 0.0387. The first kappa shape index (κ1) is 8.27. The van der Waals surface area contributed by atoms with Crippen molar-refractivity contribution in [2.45, 2.75) is 5.88 Å². The zero-order valence-corrected chi connectivity index (χ0v) is 6.20. The highest BCUT2D eigenvalue weighted by Gasteiger charge is 2.10. The summed E-state index contributed by atoms with van der Waals surface area (Å²) in [4.78, 5) is 0. The molecule has 0 unspecified atom stereocenters. The van der Waals surface area contributed by atoms with Gasteiger partial charge in [-0.05, 0) is 6.07 Å². The zero-order valence-electron chi connectivity index (χ0n) is 5.44. The van der Waals surface area contributed by atoms with E-state index in [1.165, 1.54) is 6.07 Å². The molecule has 0 aliphatic heterocycles. The van der Waals surface area contributed by atoms with E-state index >= 15 is 0 Å². The molecule has 0 amide bonds. The molecule has 0 radical (unpaired) electrons. The van der Waals surface area contributed by atoms with Gasteiger partial charge in [-0.3, -0.25) is 0 Å². The number of alkyl halides is 1. The Morgan fingerprint density at radius 2 is 2.00 bits per heavy atom. The zero-order chi connectivity index (χ0) is 8.43. The van der Waals surface area contributed by atoms with Gasteiger partial charge in [0, 0.05) is 5.56 Å². The second-order valence-electron chi connectivity index (χ2n) is 2.00. The number of halogens is 3. The van der Waals surface area contributed by atoms with Crippen molar-refractivity contribution in [3.63, 3.8) is 0 Å². The lowest BCUT2D eigenvalue weighted by atomic mass is 10.2. The fourth-order valence-corrected chi connectivity index (χ4v) is 0.903. The van der Waals surface area contributed by atoms with Crippen LogP contribution in [0.25, 0.3) is 0 Å². The van der Waals surface area contributed by atoms with Gasteiger partial charge in [0.05, 0.1) is 5.88 Å². The third-order valence-corrected chi connectivity index (χ3v) is 1.58. The Labute approximate surface area is 67.2 Å². The molecule has 0 heterocycles. The van der Waals surface area contributed by atoms with Crippen molar-refractivity contribution >= 4 is 11.6 Å².